The van der Waals surface area contributed by atoms with Crippen molar-refractivity contribution in [3.63, 3.8) is 0 Å². The maximum absolute atomic E-state index is 5.75. The van der Waals surface area contributed by atoms with Crippen molar-refractivity contribution in [1.82, 2.24) is 19.6 Å². The Hall–Kier alpha value is -0.960. The van der Waals surface area contributed by atoms with Crippen molar-refractivity contribution in [1.29, 1.82) is 0 Å². The fraction of sp³-hybridized carbons (Fsp3) is 0.125. The zero-order chi connectivity index (χ0) is 11.0. The van der Waals surface area contributed by atoms with Gasteiger partial charge in [-0.15, -0.1) is 21.5 Å². The molecule has 0 aliphatic rings. The zero-order valence-electron chi connectivity index (χ0n) is 8.03. The fourth-order valence-corrected chi connectivity index (χ4v) is 3.68. The highest BCUT2D eigenvalue weighted by Gasteiger charge is 2.14. The molecule has 0 radical (unpaired) electrons. The maximum atomic E-state index is 5.75. The van der Waals surface area contributed by atoms with Crippen LogP contribution < -0.4 is 5.73 Å². The van der Waals surface area contributed by atoms with E-state index in [9.17, 15) is 0 Å². The van der Waals surface area contributed by atoms with Gasteiger partial charge in [-0.25, -0.2) is 4.98 Å². The first-order valence-corrected chi connectivity index (χ1v) is 7.04. The first kappa shape index (κ1) is 10.2. The first-order valence-electron chi connectivity index (χ1n) is 4.47. The average molecular weight is 269 g/mol. The van der Waals surface area contributed by atoms with Crippen LogP contribution in [0, 0.1) is 0 Å². The lowest BCUT2D eigenvalue weighted by molar-refractivity contribution is 0.922. The van der Waals surface area contributed by atoms with Crippen LogP contribution in [-0.4, -0.2) is 19.6 Å². The molecule has 0 fully saturated rings. The molecule has 5 nitrogen and oxygen atoms in total. The van der Waals surface area contributed by atoms with E-state index in [1.165, 1.54) is 23.1 Å². The Labute approximate surface area is 103 Å². The molecular formula is C8H7N5S3. The molecule has 0 aromatic carbocycles. The van der Waals surface area contributed by atoms with Gasteiger partial charge in [0.05, 0.1) is 5.69 Å². The zero-order valence-corrected chi connectivity index (χ0v) is 10.5. The van der Waals surface area contributed by atoms with Crippen LogP contribution in [0.5, 0.6) is 0 Å². The second-order valence-corrected chi connectivity index (χ2v) is 5.87. The number of nitrogens with two attached hydrogens (primary N) is 1. The van der Waals surface area contributed by atoms with E-state index in [-0.39, 0.29) is 0 Å². The summed E-state index contributed by atoms with van der Waals surface area (Å²) in [7, 11) is 0. The summed E-state index contributed by atoms with van der Waals surface area (Å²) in [6.45, 7) is 0.471. The van der Waals surface area contributed by atoms with E-state index in [0.29, 0.717) is 6.54 Å². The molecule has 0 amide bonds. The lowest BCUT2D eigenvalue weighted by Gasteiger charge is -1.97. The molecule has 16 heavy (non-hydrogen) atoms. The van der Waals surface area contributed by atoms with E-state index in [2.05, 4.69) is 15.2 Å². The first-order chi connectivity index (χ1) is 7.88. The molecule has 0 aliphatic heterocycles. The third kappa shape index (κ3) is 1.63. The summed E-state index contributed by atoms with van der Waals surface area (Å²) < 4.78 is 2.91. The van der Waals surface area contributed by atoms with Gasteiger partial charge >= 0.3 is 0 Å². The smallest absolute Gasteiger partial charge is 0.194 e. The molecule has 82 valence electrons. The van der Waals surface area contributed by atoms with Crippen molar-refractivity contribution in [2.24, 2.45) is 5.73 Å². The van der Waals surface area contributed by atoms with E-state index < -0.39 is 0 Å². The largest absolute Gasteiger partial charge is 0.325 e. The number of hydrogen-bond acceptors (Lipinski definition) is 7. The van der Waals surface area contributed by atoms with Crippen LogP contribution in [-0.2, 0) is 6.54 Å². The number of aromatic nitrogens is 4. The van der Waals surface area contributed by atoms with Crippen LogP contribution in [0.25, 0.3) is 4.96 Å². The summed E-state index contributed by atoms with van der Waals surface area (Å²) in [5, 5.41) is 10.7. The molecule has 3 rings (SSSR count). The van der Waals surface area contributed by atoms with Gasteiger partial charge in [0.15, 0.2) is 9.30 Å². The highest BCUT2D eigenvalue weighted by Crippen LogP contribution is 2.32. The van der Waals surface area contributed by atoms with E-state index >= 15 is 0 Å². The number of rotatable bonds is 3. The molecule has 3 aromatic rings. The van der Waals surface area contributed by atoms with Gasteiger partial charge in [0, 0.05) is 18.1 Å². The molecule has 3 heterocycles. The lowest BCUT2D eigenvalue weighted by atomic mass is 10.5. The van der Waals surface area contributed by atoms with E-state index in [1.54, 1.807) is 16.8 Å². The summed E-state index contributed by atoms with van der Waals surface area (Å²) >= 11 is 4.62. The van der Waals surface area contributed by atoms with Crippen LogP contribution in [0.4, 0.5) is 0 Å². The molecule has 0 aliphatic carbocycles. The normalized spacial score (nSPS) is 11.3. The van der Waals surface area contributed by atoms with Gasteiger partial charge in [-0.2, -0.15) is 0 Å². The van der Waals surface area contributed by atoms with Gasteiger partial charge in [0.2, 0.25) is 0 Å². The van der Waals surface area contributed by atoms with Crippen LogP contribution in [0.15, 0.2) is 26.5 Å². The Morgan fingerprint density at radius 3 is 3.12 bits per heavy atom. The molecule has 0 saturated heterocycles. The molecule has 0 bridgehead atoms. The number of imidazole rings is 1. The quantitative estimate of drug-likeness (QED) is 0.786. The summed E-state index contributed by atoms with van der Waals surface area (Å²) in [5.74, 6) is 0. The highest BCUT2D eigenvalue weighted by atomic mass is 32.2. The van der Waals surface area contributed by atoms with Crippen LogP contribution in [0.1, 0.15) is 5.69 Å². The molecule has 0 spiro atoms. The van der Waals surface area contributed by atoms with Crippen molar-refractivity contribution in [2.75, 3.05) is 0 Å². The van der Waals surface area contributed by atoms with Crippen molar-refractivity contribution < 1.29 is 0 Å². The van der Waals surface area contributed by atoms with Crippen molar-refractivity contribution in [3.8, 4) is 0 Å². The third-order valence-corrected chi connectivity index (χ3v) is 4.60. The molecule has 8 heteroatoms. The number of nitrogens with zero attached hydrogens (tertiary/aromatic N) is 4. The maximum Gasteiger partial charge on any atom is 0.194 e. The third-order valence-electron chi connectivity index (χ3n) is 2.04. The minimum Gasteiger partial charge on any atom is -0.325 e. The SMILES string of the molecule is NCc1c(Sc2nncs2)nc2sccn12. The van der Waals surface area contributed by atoms with E-state index in [1.807, 2.05) is 16.0 Å². The molecule has 0 atom stereocenters. The summed E-state index contributed by atoms with van der Waals surface area (Å²) in [6, 6.07) is 0. The van der Waals surface area contributed by atoms with Gasteiger partial charge in [0.1, 0.15) is 10.5 Å². The van der Waals surface area contributed by atoms with Gasteiger partial charge in [-0.3, -0.25) is 4.40 Å². The Morgan fingerprint density at radius 2 is 2.38 bits per heavy atom. The summed E-state index contributed by atoms with van der Waals surface area (Å²) in [5.41, 5.74) is 8.48. The monoisotopic (exact) mass is 269 g/mol. The van der Waals surface area contributed by atoms with Gasteiger partial charge in [-0.05, 0) is 11.8 Å². The Balaban J connectivity index is 2.05. The topological polar surface area (TPSA) is 69.1 Å². The minimum absolute atomic E-state index is 0.471. The van der Waals surface area contributed by atoms with E-state index in [4.69, 9.17) is 5.73 Å². The Bertz CT molecular complexity index is 596. The molecule has 3 aromatic heterocycles. The summed E-state index contributed by atoms with van der Waals surface area (Å²) in [4.78, 5) is 5.49. The summed E-state index contributed by atoms with van der Waals surface area (Å²) in [6.07, 6.45) is 1.99. The van der Waals surface area contributed by atoms with Crippen molar-refractivity contribution in [2.45, 2.75) is 15.9 Å². The molecular weight excluding hydrogens is 262 g/mol. The number of hydrogen-bond donors (Lipinski definition) is 1. The van der Waals surface area contributed by atoms with Crippen molar-refractivity contribution >= 4 is 39.4 Å². The second-order valence-electron chi connectivity index (χ2n) is 2.93. The lowest BCUT2D eigenvalue weighted by Crippen LogP contribution is -2.00. The Kier molecular flexibility index (Phi) is 2.64. The predicted octanol–water partition coefficient (Wildman–Crippen LogP) is 1.86. The standard InChI is InChI=1S/C8H7N5S3/c9-3-5-6(16-8-12-10-4-15-8)11-7-13(5)1-2-14-7/h1-2,4H,3,9H2. The van der Waals surface area contributed by atoms with Crippen LogP contribution >= 0.6 is 34.4 Å². The number of thiazole rings is 1. The van der Waals surface area contributed by atoms with E-state index in [0.717, 1.165) is 20.0 Å². The van der Waals surface area contributed by atoms with Crippen LogP contribution in [0.2, 0.25) is 0 Å². The van der Waals surface area contributed by atoms with Crippen LogP contribution in [0.3, 0.4) is 0 Å². The average Bonchev–Trinajstić information content (AvgIpc) is 2.93. The van der Waals surface area contributed by atoms with Gasteiger partial charge in [-0.1, -0.05) is 11.3 Å². The second kappa shape index (κ2) is 4.13. The predicted molar refractivity (Wildman–Crippen MR) is 65.0 cm³/mol. The fourth-order valence-electron chi connectivity index (χ4n) is 1.37. The minimum atomic E-state index is 0.471. The van der Waals surface area contributed by atoms with Gasteiger partial charge < -0.3 is 5.73 Å². The molecule has 2 N–H and O–H groups in total. The Morgan fingerprint density at radius 1 is 1.44 bits per heavy atom. The highest BCUT2D eigenvalue weighted by molar-refractivity contribution is 8.01. The molecule has 0 unspecified atom stereocenters. The van der Waals surface area contributed by atoms with Crippen molar-refractivity contribution in [3.05, 3.63) is 22.8 Å². The number of fused-ring (bicyclic) bond motifs is 1. The molecule has 0 saturated carbocycles. The van der Waals surface area contributed by atoms with Gasteiger partial charge in [0.25, 0.3) is 0 Å².